The summed E-state index contributed by atoms with van der Waals surface area (Å²) >= 11 is 0. The summed E-state index contributed by atoms with van der Waals surface area (Å²) in [5.41, 5.74) is 0.593. The third-order valence-electron chi connectivity index (χ3n) is 2.74. The molecular weight excluding hydrogens is 274 g/mol. The zero-order chi connectivity index (χ0) is 15.2. The maximum absolute atomic E-state index is 11.0. The molecular formula is C14H11N3O4. The zero-order valence-corrected chi connectivity index (χ0v) is 11.1. The Morgan fingerprint density at radius 2 is 2.24 bits per heavy atom. The molecule has 106 valence electrons. The smallest absolute Gasteiger partial charge is 0.314 e. The van der Waals surface area contributed by atoms with E-state index >= 15 is 0 Å². The summed E-state index contributed by atoms with van der Waals surface area (Å²) < 4.78 is 10.4. The van der Waals surface area contributed by atoms with Gasteiger partial charge in [-0.2, -0.15) is 5.26 Å². The largest absolute Gasteiger partial charge is 0.496 e. The molecule has 1 aromatic heterocycles. The number of nitrogens with zero attached hydrogens (tertiary/aromatic N) is 3. The van der Waals surface area contributed by atoms with E-state index in [2.05, 4.69) is 4.98 Å². The van der Waals surface area contributed by atoms with E-state index in [1.807, 2.05) is 6.07 Å². The van der Waals surface area contributed by atoms with Crippen molar-refractivity contribution in [3.8, 4) is 17.6 Å². The van der Waals surface area contributed by atoms with Gasteiger partial charge in [0.05, 0.1) is 18.1 Å². The number of ether oxygens (including phenoxy) is 2. The van der Waals surface area contributed by atoms with Crippen molar-refractivity contribution in [1.29, 1.82) is 5.26 Å². The zero-order valence-electron chi connectivity index (χ0n) is 11.1. The van der Waals surface area contributed by atoms with Crippen LogP contribution in [0.4, 0.5) is 5.69 Å². The minimum atomic E-state index is -0.549. The first-order valence-electron chi connectivity index (χ1n) is 5.95. The SMILES string of the molecule is COc1ccc(OCc2cccnc2C#N)c([N+](=O)[O-])c1. The van der Waals surface area contributed by atoms with Crippen molar-refractivity contribution in [3.63, 3.8) is 0 Å². The monoisotopic (exact) mass is 285 g/mol. The van der Waals surface area contributed by atoms with Crippen molar-refractivity contribution >= 4 is 5.69 Å². The molecule has 7 heteroatoms. The van der Waals surface area contributed by atoms with Crippen LogP contribution in [0.1, 0.15) is 11.3 Å². The Kier molecular flexibility index (Phi) is 4.31. The maximum Gasteiger partial charge on any atom is 0.314 e. The third-order valence-corrected chi connectivity index (χ3v) is 2.74. The lowest BCUT2D eigenvalue weighted by Gasteiger charge is -2.08. The van der Waals surface area contributed by atoms with Crippen molar-refractivity contribution in [2.24, 2.45) is 0 Å². The second kappa shape index (κ2) is 6.34. The number of pyridine rings is 1. The summed E-state index contributed by atoms with van der Waals surface area (Å²) in [6.07, 6.45) is 1.50. The van der Waals surface area contributed by atoms with Gasteiger partial charge in [0.15, 0.2) is 5.75 Å². The Morgan fingerprint density at radius 3 is 2.90 bits per heavy atom. The topological polar surface area (TPSA) is 98.3 Å². The van der Waals surface area contributed by atoms with Gasteiger partial charge in [-0.25, -0.2) is 4.98 Å². The van der Waals surface area contributed by atoms with Crippen molar-refractivity contribution in [3.05, 3.63) is 57.9 Å². The van der Waals surface area contributed by atoms with Gasteiger partial charge in [0.25, 0.3) is 0 Å². The van der Waals surface area contributed by atoms with Crippen LogP contribution in [-0.2, 0) is 6.61 Å². The lowest BCUT2D eigenvalue weighted by atomic mass is 10.2. The second-order valence-electron chi connectivity index (χ2n) is 4.00. The molecule has 0 fully saturated rings. The van der Waals surface area contributed by atoms with Gasteiger partial charge in [-0.1, -0.05) is 6.07 Å². The van der Waals surface area contributed by atoms with Gasteiger partial charge in [0.2, 0.25) is 0 Å². The van der Waals surface area contributed by atoms with E-state index < -0.39 is 4.92 Å². The maximum atomic E-state index is 11.0. The molecule has 2 rings (SSSR count). The number of nitro groups is 1. The van der Waals surface area contributed by atoms with E-state index in [0.29, 0.717) is 11.3 Å². The molecule has 7 nitrogen and oxygen atoms in total. The Bertz CT molecular complexity index is 710. The van der Waals surface area contributed by atoms with Gasteiger partial charge in [0, 0.05) is 11.8 Å². The molecule has 0 spiro atoms. The number of nitriles is 1. The van der Waals surface area contributed by atoms with Gasteiger partial charge in [-0.3, -0.25) is 10.1 Å². The molecule has 0 unspecified atom stereocenters. The number of aromatic nitrogens is 1. The van der Waals surface area contributed by atoms with Crippen molar-refractivity contribution in [2.45, 2.75) is 6.61 Å². The van der Waals surface area contributed by atoms with Gasteiger partial charge in [-0.15, -0.1) is 0 Å². The first-order valence-corrected chi connectivity index (χ1v) is 5.95. The molecule has 0 saturated heterocycles. The molecule has 2 aromatic rings. The van der Waals surface area contributed by atoms with E-state index in [1.165, 1.54) is 25.4 Å². The third kappa shape index (κ3) is 3.25. The highest BCUT2D eigenvalue weighted by Gasteiger charge is 2.17. The first-order chi connectivity index (χ1) is 10.2. The summed E-state index contributed by atoms with van der Waals surface area (Å²) in [5.74, 6) is 0.474. The molecule has 0 saturated carbocycles. The fourth-order valence-electron chi connectivity index (χ4n) is 1.70. The second-order valence-corrected chi connectivity index (χ2v) is 4.00. The van der Waals surface area contributed by atoms with E-state index in [0.717, 1.165) is 0 Å². The van der Waals surface area contributed by atoms with Crippen LogP contribution >= 0.6 is 0 Å². The summed E-state index contributed by atoms with van der Waals surface area (Å²) in [7, 11) is 1.43. The number of hydrogen-bond donors (Lipinski definition) is 0. The molecule has 1 aromatic carbocycles. The summed E-state index contributed by atoms with van der Waals surface area (Å²) in [6.45, 7) is 0.0178. The molecule has 1 heterocycles. The summed E-state index contributed by atoms with van der Waals surface area (Å²) in [4.78, 5) is 14.4. The van der Waals surface area contributed by atoms with E-state index in [4.69, 9.17) is 14.7 Å². The minimum Gasteiger partial charge on any atom is -0.496 e. The number of nitro benzene ring substituents is 1. The van der Waals surface area contributed by atoms with Gasteiger partial charge in [-0.05, 0) is 18.2 Å². The molecule has 0 aliphatic carbocycles. The molecule has 0 radical (unpaired) electrons. The fourth-order valence-corrected chi connectivity index (χ4v) is 1.70. The van der Waals surface area contributed by atoms with Crippen LogP contribution in [0, 0.1) is 21.4 Å². The van der Waals surface area contributed by atoms with Crippen molar-refractivity contribution in [2.75, 3.05) is 7.11 Å². The molecule has 0 amide bonds. The highest BCUT2D eigenvalue weighted by Crippen LogP contribution is 2.31. The molecule has 0 aliphatic rings. The van der Waals surface area contributed by atoms with E-state index in [-0.39, 0.29) is 23.7 Å². The van der Waals surface area contributed by atoms with Crippen LogP contribution < -0.4 is 9.47 Å². The Morgan fingerprint density at radius 1 is 1.43 bits per heavy atom. The highest BCUT2D eigenvalue weighted by molar-refractivity contribution is 5.51. The molecule has 0 aliphatic heterocycles. The Hall–Kier alpha value is -3.14. The van der Waals surface area contributed by atoms with Crippen LogP contribution in [0.5, 0.6) is 11.5 Å². The van der Waals surface area contributed by atoms with E-state index in [1.54, 1.807) is 18.2 Å². The average molecular weight is 285 g/mol. The quantitative estimate of drug-likeness (QED) is 0.618. The van der Waals surface area contributed by atoms with Gasteiger partial charge in [0.1, 0.15) is 24.1 Å². The standard InChI is InChI=1S/C14H11N3O4/c1-20-11-4-5-14(13(7-11)17(18)19)21-9-10-3-2-6-16-12(10)8-15/h2-7H,9H2,1H3. The minimum absolute atomic E-state index is 0.0178. The van der Waals surface area contributed by atoms with Crippen LogP contribution in [-0.4, -0.2) is 17.0 Å². The Labute approximate surface area is 120 Å². The van der Waals surface area contributed by atoms with Crippen LogP contribution in [0.3, 0.4) is 0 Å². The predicted molar refractivity (Wildman–Crippen MR) is 72.9 cm³/mol. The lowest BCUT2D eigenvalue weighted by molar-refractivity contribution is -0.386. The van der Waals surface area contributed by atoms with Gasteiger partial charge >= 0.3 is 5.69 Å². The number of benzene rings is 1. The Balaban J connectivity index is 2.24. The average Bonchev–Trinajstić information content (AvgIpc) is 2.52. The molecule has 0 N–H and O–H groups in total. The number of hydrogen-bond acceptors (Lipinski definition) is 6. The normalized spacial score (nSPS) is 9.71. The number of rotatable bonds is 5. The molecule has 0 bridgehead atoms. The lowest BCUT2D eigenvalue weighted by Crippen LogP contribution is -2.02. The van der Waals surface area contributed by atoms with Crippen LogP contribution in [0.2, 0.25) is 0 Å². The first kappa shape index (κ1) is 14.3. The molecule has 21 heavy (non-hydrogen) atoms. The van der Waals surface area contributed by atoms with E-state index in [9.17, 15) is 10.1 Å². The fraction of sp³-hybridized carbons (Fsp3) is 0.143. The van der Waals surface area contributed by atoms with Crippen molar-refractivity contribution < 1.29 is 14.4 Å². The molecule has 0 atom stereocenters. The highest BCUT2D eigenvalue weighted by atomic mass is 16.6. The van der Waals surface area contributed by atoms with Crippen LogP contribution in [0.15, 0.2) is 36.5 Å². The summed E-state index contributed by atoms with van der Waals surface area (Å²) in [6, 6.07) is 9.60. The summed E-state index contributed by atoms with van der Waals surface area (Å²) in [5, 5.41) is 20.0. The van der Waals surface area contributed by atoms with Gasteiger partial charge < -0.3 is 9.47 Å². The number of methoxy groups -OCH3 is 1. The van der Waals surface area contributed by atoms with Crippen LogP contribution in [0.25, 0.3) is 0 Å². The van der Waals surface area contributed by atoms with Crippen molar-refractivity contribution in [1.82, 2.24) is 4.98 Å². The predicted octanol–water partition coefficient (Wildman–Crippen LogP) is 2.45.